The molecule has 0 fully saturated rings. The molecule has 0 aliphatic rings. The molecular weight excluding hydrogens is 262 g/mol. The van der Waals surface area contributed by atoms with Crippen LogP contribution in [0.4, 0.5) is 5.69 Å². The van der Waals surface area contributed by atoms with Crippen LogP contribution >= 0.6 is 0 Å². The number of amides is 1. The van der Waals surface area contributed by atoms with E-state index < -0.39 is 0 Å². The van der Waals surface area contributed by atoms with Gasteiger partial charge >= 0.3 is 0 Å². The summed E-state index contributed by atoms with van der Waals surface area (Å²) < 4.78 is 5.70. The first-order chi connectivity index (χ1) is 10.3. The second kappa shape index (κ2) is 8.10. The number of hydrogen-bond donors (Lipinski definition) is 1. The minimum atomic E-state index is 0.0199. The molecule has 3 heteroatoms. The van der Waals surface area contributed by atoms with Gasteiger partial charge in [0.15, 0.2) is 0 Å². The molecule has 2 aromatic carbocycles. The Labute approximate surface area is 126 Å². The van der Waals surface area contributed by atoms with Gasteiger partial charge in [-0.05, 0) is 42.7 Å². The third kappa shape index (κ3) is 5.30. The number of rotatable bonds is 7. The summed E-state index contributed by atoms with van der Waals surface area (Å²) in [6, 6.07) is 17.9. The Bertz CT molecular complexity index is 549. The zero-order chi connectivity index (χ0) is 14.9. The van der Waals surface area contributed by atoms with Crippen molar-refractivity contribution in [2.45, 2.75) is 26.2 Å². The van der Waals surface area contributed by atoms with Crippen LogP contribution in [0.2, 0.25) is 0 Å². The second-order valence-corrected chi connectivity index (χ2v) is 4.86. The highest BCUT2D eigenvalue weighted by molar-refractivity contribution is 5.90. The molecule has 1 N–H and O–H groups in total. The first-order valence-corrected chi connectivity index (χ1v) is 7.34. The maximum atomic E-state index is 11.3. The number of hydrogen-bond acceptors (Lipinski definition) is 2. The van der Waals surface area contributed by atoms with Crippen LogP contribution in [-0.4, -0.2) is 12.5 Å². The lowest BCUT2D eigenvalue weighted by molar-refractivity contribution is -0.115. The Morgan fingerprint density at radius 1 is 1.05 bits per heavy atom. The van der Waals surface area contributed by atoms with Crippen molar-refractivity contribution in [2.75, 3.05) is 11.9 Å². The third-order valence-corrected chi connectivity index (χ3v) is 3.18. The summed E-state index contributed by atoms with van der Waals surface area (Å²) >= 11 is 0. The lowest BCUT2D eigenvalue weighted by Crippen LogP contribution is -2.09. The van der Waals surface area contributed by atoms with Gasteiger partial charge in [0.25, 0.3) is 0 Å². The highest BCUT2D eigenvalue weighted by atomic mass is 16.5. The van der Waals surface area contributed by atoms with Gasteiger partial charge in [0, 0.05) is 12.1 Å². The molecule has 0 saturated carbocycles. The first-order valence-electron chi connectivity index (χ1n) is 7.34. The van der Waals surface area contributed by atoms with Gasteiger partial charge in [-0.25, -0.2) is 0 Å². The molecule has 2 aromatic rings. The van der Waals surface area contributed by atoms with Crippen LogP contribution in [0.25, 0.3) is 0 Å². The van der Waals surface area contributed by atoms with Crippen LogP contribution in [0.1, 0.15) is 25.3 Å². The van der Waals surface area contributed by atoms with E-state index in [0.29, 0.717) is 13.0 Å². The molecule has 0 spiro atoms. The van der Waals surface area contributed by atoms with Crippen LogP contribution in [0, 0.1) is 0 Å². The summed E-state index contributed by atoms with van der Waals surface area (Å²) in [4.78, 5) is 11.3. The molecule has 0 heterocycles. The molecule has 0 atom stereocenters. The molecule has 0 unspecified atom stereocenters. The molecule has 0 bridgehead atoms. The van der Waals surface area contributed by atoms with Crippen LogP contribution in [0.15, 0.2) is 54.6 Å². The van der Waals surface area contributed by atoms with Crippen LogP contribution < -0.4 is 10.1 Å². The molecule has 1 amide bonds. The van der Waals surface area contributed by atoms with Gasteiger partial charge in [-0.2, -0.15) is 0 Å². The number of carbonyl (C=O) groups excluding carboxylic acids is 1. The van der Waals surface area contributed by atoms with Gasteiger partial charge in [-0.1, -0.05) is 37.3 Å². The van der Waals surface area contributed by atoms with Crippen molar-refractivity contribution in [1.82, 2.24) is 0 Å². The molecule has 2 rings (SSSR count). The van der Waals surface area contributed by atoms with E-state index in [0.717, 1.165) is 24.3 Å². The average Bonchev–Trinajstić information content (AvgIpc) is 2.54. The highest BCUT2D eigenvalue weighted by Gasteiger charge is 1.99. The number of aryl methyl sites for hydroxylation is 1. The monoisotopic (exact) mass is 283 g/mol. The SMILES string of the molecule is CCC(=O)Nc1ccc(OCCCc2ccccc2)cc1. The lowest BCUT2D eigenvalue weighted by Gasteiger charge is -2.08. The predicted octanol–water partition coefficient (Wildman–Crippen LogP) is 4.05. The zero-order valence-corrected chi connectivity index (χ0v) is 12.3. The van der Waals surface area contributed by atoms with Crippen molar-refractivity contribution in [3.05, 3.63) is 60.2 Å². The largest absolute Gasteiger partial charge is 0.494 e. The molecule has 0 aliphatic carbocycles. The Kier molecular flexibility index (Phi) is 5.83. The van der Waals surface area contributed by atoms with Gasteiger partial charge in [0.1, 0.15) is 5.75 Å². The lowest BCUT2D eigenvalue weighted by atomic mass is 10.1. The average molecular weight is 283 g/mol. The number of benzene rings is 2. The summed E-state index contributed by atoms with van der Waals surface area (Å²) in [7, 11) is 0. The van der Waals surface area contributed by atoms with E-state index >= 15 is 0 Å². The Hall–Kier alpha value is -2.29. The van der Waals surface area contributed by atoms with E-state index in [1.807, 2.05) is 37.3 Å². The Morgan fingerprint density at radius 3 is 2.43 bits per heavy atom. The second-order valence-electron chi connectivity index (χ2n) is 4.86. The van der Waals surface area contributed by atoms with Crippen LogP contribution in [0.3, 0.4) is 0 Å². The van der Waals surface area contributed by atoms with Crippen molar-refractivity contribution in [3.63, 3.8) is 0 Å². The minimum Gasteiger partial charge on any atom is -0.494 e. The molecule has 21 heavy (non-hydrogen) atoms. The number of ether oxygens (including phenoxy) is 1. The zero-order valence-electron chi connectivity index (χ0n) is 12.3. The van der Waals surface area contributed by atoms with Crippen molar-refractivity contribution in [1.29, 1.82) is 0 Å². The first kappa shape index (κ1) is 15.1. The summed E-state index contributed by atoms with van der Waals surface area (Å²) in [6.45, 7) is 2.52. The molecule has 3 nitrogen and oxygen atoms in total. The van der Waals surface area contributed by atoms with Crippen molar-refractivity contribution < 1.29 is 9.53 Å². The van der Waals surface area contributed by atoms with E-state index in [4.69, 9.17) is 4.74 Å². The van der Waals surface area contributed by atoms with Gasteiger partial charge in [-0.15, -0.1) is 0 Å². The van der Waals surface area contributed by atoms with E-state index in [-0.39, 0.29) is 5.91 Å². The van der Waals surface area contributed by atoms with Crippen molar-refractivity contribution in [2.24, 2.45) is 0 Å². The fourth-order valence-corrected chi connectivity index (χ4v) is 1.99. The normalized spacial score (nSPS) is 10.1. The van der Waals surface area contributed by atoms with Gasteiger partial charge in [0.2, 0.25) is 5.91 Å². The quantitative estimate of drug-likeness (QED) is 0.779. The van der Waals surface area contributed by atoms with Crippen LogP contribution in [-0.2, 0) is 11.2 Å². The Balaban J connectivity index is 1.72. The molecule has 0 saturated heterocycles. The van der Waals surface area contributed by atoms with Gasteiger partial charge < -0.3 is 10.1 Å². The maximum absolute atomic E-state index is 11.3. The van der Waals surface area contributed by atoms with E-state index in [1.54, 1.807) is 0 Å². The number of nitrogens with one attached hydrogen (secondary N) is 1. The van der Waals surface area contributed by atoms with E-state index in [9.17, 15) is 4.79 Å². The summed E-state index contributed by atoms with van der Waals surface area (Å²) in [5, 5.41) is 2.81. The predicted molar refractivity (Wildman–Crippen MR) is 85.6 cm³/mol. The third-order valence-electron chi connectivity index (χ3n) is 3.18. The number of anilines is 1. The summed E-state index contributed by atoms with van der Waals surface area (Å²) in [6.07, 6.45) is 2.49. The fourth-order valence-electron chi connectivity index (χ4n) is 1.99. The van der Waals surface area contributed by atoms with Gasteiger partial charge in [-0.3, -0.25) is 4.79 Å². The summed E-state index contributed by atoms with van der Waals surface area (Å²) in [5.74, 6) is 0.851. The van der Waals surface area contributed by atoms with Gasteiger partial charge in [0.05, 0.1) is 6.61 Å². The molecule has 0 aromatic heterocycles. The molecule has 0 radical (unpaired) electrons. The van der Waals surface area contributed by atoms with Crippen molar-refractivity contribution in [3.8, 4) is 5.75 Å². The summed E-state index contributed by atoms with van der Waals surface area (Å²) in [5.41, 5.74) is 2.14. The van der Waals surface area contributed by atoms with Crippen molar-refractivity contribution >= 4 is 11.6 Å². The molecule has 110 valence electrons. The smallest absolute Gasteiger partial charge is 0.224 e. The highest BCUT2D eigenvalue weighted by Crippen LogP contribution is 2.16. The molecular formula is C18H21NO2. The number of carbonyl (C=O) groups is 1. The van der Waals surface area contributed by atoms with E-state index in [1.165, 1.54) is 5.56 Å². The molecule has 0 aliphatic heterocycles. The fraction of sp³-hybridized carbons (Fsp3) is 0.278. The maximum Gasteiger partial charge on any atom is 0.224 e. The van der Waals surface area contributed by atoms with Crippen LogP contribution in [0.5, 0.6) is 5.75 Å². The topological polar surface area (TPSA) is 38.3 Å². The Morgan fingerprint density at radius 2 is 1.76 bits per heavy atom. The standard InChI is InChI=1S/C18H21NO2/c1-2-18(20)19-16-10-12-17(13-11-16)21-14-6-9-15-7-4-3-5-8-15/h3-5,7-8,10-13H,2,6,9,14H2,1H3,(H,19,20). The van der Waals surface area contributed by atoms with E-state index in [2.05, 4.69) is 29.6 Å². The minimum absolute atomic E-state index is 0.0199.